The van der Waals surface area contributed by atoms with Gasteiger partial charge < -0.3 is 14.9 Å². The van der Waals surface area contributed by atoms with Crippen molar-refractivity contribution in [2.75, 3.05) is 6.61 Å². The zero-order chi connectivity index (χ0) is 16.9. The summed E-state index contributed by atoms with van der Waals surface area (Å²) >= 11 is 0. The SMILES string of the molecule is CC1=CC[C@@H]([C@@](C)(O)COC(=O)C=Cc2ccc(O)cc2)CC1. The minimum absolute atomic E-state index is 0.0106. The second-order valence-electron chi connectivity index (χ2n) is 6.41. The lowest BCUT2D eigenvalue weighted by molar-refractivity contribution is -0.148. The second kappa shape index (κ2) is 7.47. The van der Waals surface area contributed by atoms with Crippen molar-refractivity contribution in [1.29, 1.82) is 0 Å². The number of ether oxygens (including phenoxy) is 1. The van der Waals surface area contributed by atoms with Gasteiger partial charge in [-0.1, -0.05) is 23.8 Å². The molecule has 4 nitrogen and oxygen atoms in total. The number of hydrogen-bond acceptors (Lipinski definition) is 4. The van der Waals surface area contributed by atoms with Crippen LogP contribution in [0.1, 0.15) is 38.7 Å². The standard InChI is InChI=1S/C19H24O4/c1-14-3-8-16(9-4-14)19(2,22)13-23-18(21)12-7-15-5-10-17(20)11-6-15/h3,5-7,10-12,16,20,22H,4,8-9,13H2,1-2H3/t16-,19+/m1/s1. The van der Waals surface area contributed by atoms with Gasteiger partial charge >= 0.3 is 5.97 Å². The maximum atomic E-state index is 11.8. The summed E-state index contributed by atoms with van der Waals surface area (Å²) in [5.74, 6) is -0.196. The Bertz CT molecular complexity index is 596. The Morgan fingerprint density at radius 3 is 2.70 bits per heavy atom. The number of rotatable bonds is 5. The van der Waals surface area contributed by atoms with Crippen LogP contribution in [-0.4, -0.2) is 28.4 Å². The van der Waals surface area contributed by atoms with Crippen molar-refractivity contribution in [3.05, 3.63) is 47.6 Å². The number of esters is 1. The third kappa shape index (κ3) is 5.25. The molecular weight excluding hydrogens is 292 g/mol. The van der Waals surface area contributed by atoms with Crippen molar-refractivity contribution < 1.29 is 19.7 Å². The summed E-state index contributed by atoms with van der Waals surface area (Å²) in [4.78, 5) is 11.8. The predicted molar refractivity (Wildman–Crippen MR) is 89.8 cm³/mol. The Labute approximate surface area is 137 Å². The van der Waals surface area contributed by atoms with E-state index in [1.165, 1.54) is 11.6 Å². The first-order valence-corrected chi connectivity index (χ1v) is 7.89. The minimum Gasteiger partial charge on any atom is -0.508 e. The number of phenols is 1. The summed E-state index contributed by atoms with van der Waals surface area (Å²) in [6.07, 6.45) is 7.80. The van der Waals surface area contributed by atoms with Gasteiger partial charge in [-0.2, -0.15) is 0 Å². The van der Waals surface area contributed by atoms with E-state index >= 15 is 0 Å². The van der Waals surface area contributed by atoms with E-state index in [1.807, 2.05) is 0 Å². The molecular formula is C19H24O4. The van der Waals surface area contributed by atoms with Gasteiger partial charge in [0, 0.05) is 6.08 Å². The first kappa shape index (κ1) is 17.3. The lowest BCUT2D eigenvalue weighted by atomic mass is 9.79. The van der Waals surface area contributed by atoms with Crippen molar-refractivity contribution in [2.45, 2.75) is 38.7 Å². The van der Waals surface area contributed by atoms with Gasteiger partial charge in [0.1, 0.15) is 12.4 Å². The molecule has 1 aliphatic rings. The molecule has 0 fully saturated rings. The molecule has 2 atom stereocenters. The number of allylic oxidation sites excluding steroid dienone is 2. The molecule has 23 heavy (non-hydrogen) atoms. The number of phenolic OH excluding ortho intramolecular Hbond substituents is 1. The molecule has 124 valence electrons. The molecule has 1 aromatic rings. The van der Waals surface area contributed by atoms with E-state index in [1.54, 1.807) is 37.3 Å². The number of aliphatic hydroxyl groups is 1. The highest BCUT2D eigenvalue weighted by molar-refractivity contribution is 5.87. The molecule has 0 amide bonds. The molecule has 0 heterocycles. The Hall–Kier alpha value is -2.07. The fraction of sp³-hybridized carbons (Fsp3) is 0.421. The molecule has 2 rings (SSSR count). The highest BCUT2D eigenvalue weighted by Gasteiger charge is 2.33. The zero-order valence-electron chi connectivity index (χ0n) is 13.7. The van der Waals surface area contributed by atoms with Crippen molar-refractivity contribution in [3.8, 4) is 5.75 Å². The average Bonchev–Trinajstić information content (AvgIpc) is 2.53. The van der Waals surface area contributed by atoms with E-state index in [0.717, 1.165) is 24.8 Å². The Morgan fingerprint density at radius 1 is 1.39 bits per heavy atom. The molecule has 4 heteroatoms. The Kier molecular flexibility index (Phi) is 5.61. The fourth-order valence-corrected chi connectivity index (χ4v) is 2.66. The summed E-state index contributed by atoms with van der Waals surface area (Å²) in [6, 6.07) is 6.50. The van der Waals surface area contributed by atoms with Crippen LogP contribution in [0.2, 0.25) is 0 Å². The number of carbonyl (C=O) groups is 1. The fourth-order valence-electron chi connectivity index (χ4n) is 2.66. The van der Waals surface area contributed by atoms with Gasteiger partial charge in [0.15, 0.2) is 0 Å². The maximum Gasteiger partial charge on any atom is 0.330 e. The third-order valence-electron chi connectivity index (χ3n) is 4.33. The van der Waals surface area contributed by atoms with Crippen molar-refractivity contribution in [2.24, 2.45) is 5.92 Å². The van der Waals surface area contributed by atoms with Crippen molar-refractivity contribution >= 4 is 12.0 Å². The van der Waals surface area contributed by atoms with Gasteiger partial charge in [-0.15, -0.1) is 0 Å². The van der Waals surface area contributed by atoms with E-state index in [0.29, 0.717) is 0 Å². The summed E-state index contributed by atoms with van der Waals surface area (Å²) in [5.41, 5.74) is 1.13. The number of carbonyl (C=O) groups excluding carboxylic acids is 1. The van der Waals surface area contributed by atoms with Crippen LogP contribution in [0.3, 0.4) is 0 Å². The first-order chi connectivity index (χ1) is 10.9. The van der Waals surface area contributed by atoms with Crippen LogP contribution in [0.5, 0.6) is 5.75 Å². The van der Waals surface area contributed by atoms with Crippen LogP contribution in [0.4, 0.5) is 0 Å². The van der Waals surface area contributed by atoms with Crippen LogP contribution < -0.4 is 0 Å². The lowest BCUT2D eigenvalue weighted by Gasteiger charge is -2.34. The molecule has 0 radical (unpaired) electrons. The molecule has 0 aromatic heterocycles. The lowest BCUT2D eigenvalue weighted by Crippen LogP contribution is -2.40. The summed E-state index contributed by atoms with van der Waals surface area (Å²) in [7, 11) is 0. The van der Waals surface area contributed by atoms with Crippen molar-refractivity contribution in [1.82, 2.24) is 0 Å². The molecule has 0 saturated heterocycles. The molecule has 1 aliphatic carbocycles. The predicted octanol–water partition coefficient (Wildman–Crippen LogP) is 3.45. The Morgan fingerprint density at radius 2 is 2.09 bits per heavy atom. The van der Waals surface area contributed by atoms with Gasteiger partial charge in [-0.25, -0.2) is 4.79 Å². The zero-order valence-corrected chi connectivity index (χ0v) is 13.7. The molecule has 0 bridgehead atoms. The molecule has 0 aliphatic heterocycles. The van der Waals surface area contributed by atoms with Gasteiger partial charge in [0.25, 0.3) is 0 Å². The molecule has 2 N–H and O–H groups in total. The largest absolute Gasteiger partial charge is 0.508 e. The van der Waals surface area contributed by atoms with Crippen molar-refractivity contribution in [3.63, 3.8) is 0 Å². The highest BCUT2D eigenvalue weighted by atomic mass is 16.5. The molecule has 0 unspecified atom stereocenters. The van der Waals surface area contributed by atoms with E-state index < -0.39 is 11.6 Å². The second-order valence-corrected chi connectivity index (χ2v) is 6.41. The smallest absolute Gasteiger partial charge is 0.330 e. The van der Waals surface area contributed by atoms with Gasteiger partial charge in [0.2, 0.25) is 0 Å². The Balaban J connectivity index is 1.84. The molecule has 0 saturated carbocycles. The van der Waals surface area contributed by atoms with Crippen LogP contribution in [0, 0.1) is 5.92 Å². The summed E-state index contributed by atoms with van der Waals surface area (Å²) in [5, 5.41) is 19.7. The van der Waals surface area contributed by atoms with E-state index in [2.05, 4.69) is 13.0 Å². The van der Waals surface area contributed by atoms with E-state index in [9.17, 15) is 15.0 Å². The number of benzene rings is 1. The van der Waals surface area contributed by atoms with E-state index in [4.69, 9.17) is 4.74 Å². The highest BCUT2D eigenvalue weighted by Crippen LogP contribution is 2.32. The minimum atomic E-state index is -1.01. The van der Waals surface area contributed by atoms with Gasteiger partial charge in [-0.3, -0.25) is 0 Å². The van der Waals surface area contributed by atoms with Crippen LogP contribution in [0.25, 0.3) is 6.08 Å². The van der Waals surface area contributed by atoms with Crippen LogP contribution in [-0.2, 0) is 9.53 Å². The number of hydrogen-bond donors (Lipinski definition) is 2. The number of aromatic hydroxyl groups is 1. The summed E-state index contributed by atoms with van der Waals surface area (Å²) < 4.78 is 5.19. The monoisotopic (exact) mass is 316 g/mol. The quantitative estimate of drug-likeness (QED) is 0.496. The van der Waals surface area contributed by atoms with Gasteiger partial charge in [0.05, 0.1) is 5.60 Å². The molecule has 1 aromatic carbocycles. The maximum absolute atomic E-state index is 11.8. The normalized spacial score (nSPS) is 20.8. The van der Waals surface area contributed by atoms with Crippen LogP contribution in [0.15, 0.2) is 42.0 Å². The third-order valence-corrected chi connectivity index (χ3v) is 4.33. The summed E-state index contributed by atoms with van der Waals surface area (Å²) in [6.45, 7) is 3.81. The van der Waals surface area contributed by atoms with E-state index in [-0.39, 0.29) is 18.3 Å². The van der Waals surface area contributed by atoms with Crippen LogP contribution >= 0.6 is 0 Å². The first-order valence-electron chi connectivity index (χ1n) is 7.89. The van der Waals surface area contributed by atoms with Gasteiger partial charge in [-0.05, 0) is 62.8 Å². The molecule has 0 spiro atoms. The average molecular weight is 316 g/mol. The topological polar surface area (TPSA) is 66.8 Å².